The van der Waals surface area contributed by atoms with Gasteiger partial charge in [0, 0.05) is 26.1 Å². The topological polar surface area (TPSA) is 233 Å². The summed E-state index contributed by atoms with van der Waals surface area (Å²) in [6, 6.07) is 33.9. The Morgan fingerprint density at radius 3 is 1.74 bits per heavy atom. The molecular formula is C44H48N8O10. The van der Waals surface area contributed by atoms with E-state index in [4.69, 9.17) is 24.7 Å². The van der Waals surface area contributed by atoms with Gasteiger partial charge < -0.3 is 34.9 Å². The molecule has 4 aromatic carbocycles. The van der Waals surface area contributed by atoms with E-state index >= 15 is 0 Å². The predicted octanol–water partition coefficient (Wildman–Crippen LogP) is 4.98. The quantitative estimate of drug-likeness (QED) is 0.0667. The molecule has 5 N–H and O–H groups in total. The van der Waals surface area contributed by atoms with Crippen molar-refractivity contribution in [3.05, 3.63) is 144 Å². The fourth-order valence-electron chi connectivity index (χ4n) is 5.91. The molecule has 0 aromatic heterocycles. The number of nitrogens with zero attached hydrogens (tertiary/aromatic N) is 4. The third kappa shape index (κ3) is 15.1. The first-order valence-corrected chi connectivity index (χ1v) is 19.6. The first-order valence-electron chi connectivity index (χ1n) is 19.6. The Bertz CT molecular complexity index is 2180. The first kappa shape index (κ1) is 45.3. The van der Waals surface area contributed by atoms with Crippen LogP contribution in [0.15, 0.2) is 131 Å². The molecule has 18 heteroatoms. The van der Waals surface area contributed by atoms with Gasteiger partial charge >= 0.3 is 24.4 Å². The van der Waals surface area contributed by atoms with E-state index in [-0.39, 0.29) is 64.7 Å². The summed E-state index contributed by atoms with van der Waals surface area (Å²) in [7, 11) is 1.41. The minimum Gasteiger partial charge on any atom is -0.445 e. The number of ether oxygens (including phenoxy) is 4. The molecular weight excluding hydrogens is 801 g/mol. The summed E-state index contributed by atoms with van der Waals surface area (Å²) in [6.45, 7) is -0.551. The number of alkyl carbamates (subject to hydrolysis) is 2. The van der Waals surface area contributed by atoms with Gasteiger partial charge in [0.2, 0.25) is 17.8 Å². The summed E-state index contributed by atoms with van der Waals surface area (Å²) >= 11 is 0. The van der Waals surface area contributed by atoms with E-state index in [1.54, 1.807) is 97.1 Å². The lowest BCUT2D eigenvalue weighted by atomic mass is 10.1. The second-order valence-electron chi connectivity index (χ2n) is 13.8. The SMILES string of the molecule is CN(C(=O)C[C@H](CCCN(C(=O)OCc1ccccc1)/C(N)=N/C(=O)OCc1ccccc1)NC(=O)OCc1ccccc1)C1CN=C(NC(=O)OCc2ccccc2)NC1=O. The van der Waals surface area contributed by atoms with Crippen LogP contribution in [0.25, 0.3) is 0 Å². The van der Waals surface area contributed by atoms with Gasteiger partial charge in [-0.25, -0.2) is 29.1 Å². The van der Waals surface area contributed by atoms with Gasteiger partial charge in [0.1, 0.15) is 32.5 Å². The second kappa shape index (κ2) is 23.7. The molecule has 1 heterocycles. The fourth-order valence-corrected chi connectivity index (χ4v) is 5.91. The van der Waals surface area contributed by atoms with E-state index in [1.165, 1.54) is 11.9 Å². The van der Waals surface area contributed by atoms with Crippen molar-refractivity contribution in [2.75, 3.05) is 20.1 Å². The molecule has 6 amide bonds. The van der Waals surface area contributed by atoms with Crippen LogP contribution in [0.4, 0.5) is 19.2 Å². The van der Waals surface area contributed by atoms with Gasteiger partial charge in [-0.2, -0.15) is 0 Å². The zero-order valence-corrected chi connectivity index (χ0v) is 34.0. The second-order valence-corrected chi connectivity index (χ2v) is 13.8. The lowest BCUT2D eigenvalue weighted by molar-refractivity contribution is -0.138. The summed E-state index contributed by atoms with van der Waals surface area (Å²) in [5.41, 5.74) is 9.10. The number of amides is 6. The van der Waals surface area contributed by atoms with Crippen molar-refractivity contribution in [3.63, 3.8) is 0 Å². The van der Waals surface area contributed by atoms with E-state index < -0.39 is 54.2 Å². The summed E-state index contributed by atoms with van der Waals surface area (Å²) in [4.78, 5) is 88.4. The Kier molecular flexibility index (Phi) is 17.4. The number of likely N-dealkylation sites (N-methyl/N-ethyl adjacent to an activating group) is 1. The number of aliphatic imine (C=N–C) groups is 2. The third-order valence-corrected chi connectivity index (χ3v) is 9.26. The average Bonchev–Trinajstić information content (AvgIpc) is 3.28. The molecule has 0 saturated heterocycles. The third-order valence-electron chi connectivity index (χ3n) is 9.26. The van der Waals surface area contributed by atoms with Crippen molar-refractivity contribution < 1.29 is 47.7 Å². The van der Waals surface area contributed by atoms with Crippen LogP contribution >= 0.6 is 0 Å². The molecule has 1 unspecified atom stereocenters. The van der Waals surface area contributed by atoms with E-state index in [0.717, 1.165) is 16.0 Å². The van der Waals surface area contributed by atoms with E-state index in [2.05, 4.69) is 25.9 Å². The summed E-state index contributed by atoms with van der Waals surface area (Å²) in [5.74, 6) is -1.77. The first-order chi connectivity index (χ1) is 30.0. The van der Waals surface area contributed by atoms with Crippen molar-refractivity contribution >= 4 is 48.1 Å². The highest BCUT2D eigenvalue weighted by Crippen LogP contribution is 2.13. The predicted molar refractivity (Wildman–Crippen MR) is 226 cm³/mol. The van der Waals surface area contributed by atoms with Crippen molar-refractivity contribution in [2.45, 2.75) is 57.8 Å². The Labute approximate surface area is 358 Å². The van der Waals surface area contributed by atoms with Gasteiger partial charge in [0.25, 0.3) is 5.91 Å². The maximum absolute atomic E-state index is 13.7. The highest BCUT2D eigenvalue weighted by atomic mass is 16.6. The lowest BCUT2D eigenvalue weighted by Crippen LogP contribution is -2.58. The molecule has 0 bridgehead atoms. The monoisotopic (exact) mass is 848 g/mol. The summed E-state index contributed by atoms with van der Waals surface area (Å²) in [6.07, 6.45) is -3.69. The minimum atomic E-state index is -1.05. The molecule has 4 aromatic rings. The highest BCUT2D eigenvalue weighted by molar-refractivity contribution is 6.06. The lowest BCUT2D eigenvalue weighted by Gasteiger charge is -2.30. The zero-order chi connectivity index (χ0) is 44.1. The number of carbonyl (C=O) groups excluding carboxylic acids is 6. The number of nitrogens with one attached hydrogen (secondary N) is 3. The van der Waals surface area contributed by atoms with Crippen LogP contribution in [0, 0.1) is 0 Å². The van der Waals surface area contributed by atoms with E-state index in [9.17, 15) is 28.8 Å². The van der Waals surface area contributed by atoms with Crippen LogP contribution in [-0.4, -0.2) is 90.1 Å². The number of hydrogen-bond donors (Lipinski definition) is 4. The molecule has 0 saturated carbocycles. The number of rotatable bonds is 16. The maximum Gasteiger partial charge on any atom is 0.437 e. The van der Waals surface area contributed by atoms with Gasteiger partial charge in [0.15, 0.2) is 0 Å². The van der Waals surface area contributed by atoms with Crippen LogP contribution in [0.1, 0.15) is 41.5 Å². The zero-order valence-electron chi connectivity index (χ0n) is 34.0. The van der Waals surface area contributed by atoms with Crippen LogP contribution < -0.4 is 21.7 Å². The van der Waals surface area contributed by atoms with Crippen molar-refractivity contribution in [2.24, 2.45) is 15.7 Å². The number of hydrogen-bond acceptors (Lipinski definition) is 11. The van der Waals surface area contributed by atoms with Gasteiger partial charge in [-0.3, -0.25) is 20.2 Å². The highest BCUT2D eigenvalue weighted by Gasteiger charge is 2.33. The molecule has 18 nitrogen and oxygen atoms in total. The molecule has 0 aliphatic carbocycles. The van der Waals surface area contributed by atoms with Gasteiger partial charge in [-0.1, -0.05) is 121 Å². The molecule has 324 valence electrons. The smallest absolute Gasteiger partial charge is 0.437 e. The average molecular weight is 849 g/mol. The molecule has 62 heavy (non-hydrogen) atoms. The Balaban J connectivity index is 1.22. The minimum absolute atomic E-state index is 0.00391. The van der Waals surface area contributed by atoms with Crippen molar-refractivity contribution in [3.8, 4) is 0 Å². The maximum atomic E-state index is 13.7. The van der Waals surface area contributed by atoms with E-state index in [1.807, 2.05) is 24.3 Å². The fraction of sp³-hybridized carbons (Fsp3) is 0.273. The Morgan fingerprint density at radius 2 is 1.23 bits per heavy atom. The number of benzene rings is 4. The number of nitrogens with two attached hydrogens (primary N) is 1. The number of carbonyl (C=O) groups is 6. The summed E-state index contributed by atoms with van der Waals surface area (Å²) < 4.78 is 21.3. The molecule has 0 spiro atoms. The Hall–Kier alpha value is -7.76. The van der Waals surface area contributed by atoms with Gasteiger partial charge in [-0.05, 0) is 35.1 Å². The normalized spacial score (nSPS) is 13.9. The Morgan fingerprint density at radius 1 is 0.742 bits per heavy atom. The van der Waals surface area contributed by atoms with Crippen molar-refractivity contribution in [1.82, 2.24) is 25.8 Å². The van der Waals surface area contributed by atoms with Gasteiger partial charge in [0.05, 0.1) is 6.54 Å². The molecule has 1 aliphatic rings. The number of guanidine groups is 2. The molecule has 2 atom stereocenters. The molecule has 0 radical (unpaired) electrons. The van der Waals surface area contributed by atoms with Crippen LogP contribution in [0.5, 0.6) is 0 Å². The molecule has 5 rings (SSSR count). The van der Waals surface area contributed by atoms with Crippen LogP contribution in [0.2, 0.25) is 0 Å². The van der Waals surface area contributed by atoms with Crippen LogP contribution in [0.3, 0.4) is 0 Å². The van der Waals surface area contributed by atoms with Crippen LogP contribution in [-0.2, 0) is 55.0 Å². The summed E-state index contributed by atoms with van der Waals surface area (Å²) in [5, 5.41) is 7.58. The molecule has 0 fully saturated rings. The van der Waals surface area contributed by atoms with E-state index in [0.29, 0.717) is 11.1 Å². The van der Waals surface area contributed by atoms with Gasteiger partial charge in [-0.15, -0.1) is 4.99 Å². The standard InChI is InChI=1S/C44H48N8O10/c1-51(36-26-46-40(48-38(36)54)50-43(57)61-29-33-19-10-4-11-20-33)37(53)25-35(47-41(55)59-27-31-15-6-2-7-16-31)23-14-24-52(44(58)62-30-34-21-12-5-13-22-34)39(45)49-42(56)60-28-32-17-8-3-9-18-32/h2-13,15-22,35-36H,14,23-30H2,1H3,(H,47,55)(H2,45,49,56)(H2,46,48,50,54,57)/t35-,36?/m0/s1. The largest absolute Gasteiger partial charge is 0.445 e. The molecule has 1 aliphatic heterocycles. The van der Waals surface area contributed by atoms with Crippen molar-refractivity contribution in [1.29, 1.82) is 0 Å².